The van der Waals surface area contributed by atoms with Gasteiger partial charge in [0.25, 0.3) is 0 Å². The monoisotopic (exact) mass is 391 g/mol. The zero-order chi connectivity index (χ0) is 20.4. The normalized spacial score (nSPS) is 31.1. The van der Waals surface area contributed by atoms with Crippen LogP contribution in [0.3, 0.4) is 0 Å². The molecule has 2 amide bonds. The fraction of sp³-hybridized carbons (Fsp3) is 0.913. The van der Waals surface area contributed by atoms with Gasteiger partial charge in [0, 0.05) is 35.0 Å². The van der Waals surface area contributed by atoms with Gasteiger partial charge >= 0.3 is 0 Å². The zero-order valence-corrected chi connectivity index (χ0v) is 18.4. The van der Waals surface area contributed by atoms with Gasteiger partial charge in [-0.15, -0.1) is 0 Å². The first kappa shape index (κ1) is 21.6. The maximum atomic E-state index is 12.8. The molecule has 3 fully saturated rings. The highest BCUT2D eigenvalue weighted by atomic mass is 16.2. The molecule has 1 aliphatic heterocycles. The molecule has 0 radical (unpaired) electrons. The molecular weight excluding hydrogens is 350 g/mol. The molecular formula is C23H41N3O2. The van der Waals surface area contributed by atoms with E-state index < -0.39 is 0 Å². The van der Waals surface area contributed by atoms with Crippen LogP contribution < -0.4 is 16.0 Å². The summed E-state index contributed by atoms with van der Waals surface area (Å²) >= 11 is 0. The first-order chi connectivity index (χ1) is 13.1. The van der Waals surface area contributed by atoms with E-state index in [9.17, 15) is 9.59 Å². The van der Waals surface area contributed by atoms with Crippen molar-refractivity contribution >= 4 is 11.8 Å². The van der Waals surface area contributed by atoms with Crippen molar-refractivity contribution in [1.29, 1.82) is 0 Å². The van der Waals surface area contributed by atoms with E-state index in [0.29, 0.717) is 6.04 Å². The highest BCUT2D eigenvalue weighted by Gasteiger charge is 2.39. The van der Waals surface area contributed by atoms with Gasteiger partial charge in [0.2, 0.25) is 11.8 Å². The van der Waals surface area contributed by atoms with E-state index in [2.05, 4.69) is 43.6 Å². The van der Waals surface area contributed by atoms with Crippen molar-refractivity contribution in [3.8, 4) is 0 Å². The summed E-state index contributed by atoms with van der Waals surface area (Å²) in [5.74, 6) is 0.597. The second-order valence-corrected chi connectivity index (χ2v) is 10.9. The highest BCUT2D eigenvalue weighted by molar-refractivity contribution is 5.81. The van der Waals surface area contributed by atoms with Crippen molar-refractivity contribution < 1.29 is 9.59 Å². The number of hydrogen-bond acceptors (Lipinski definition) is 3. The summed E-state index contributed by atoms with van der Waals surface area (Å²) in [6, 6.07) is 0.611. The molecule has 3 N–H and O–H groups in total. The van der Waals surface area contributed by atoms with Crippen LogP contribution in [0.5, 0.6) is 0 Å². The molecule has 28 heavy (non-hydrogen) atoms. The molecule has 0 aromatic heterocycles. The number of amides is 2. The number of carbonyl (C=O) groups excluding carboxylic acids is 2. The van der Waals surface area contributed by atoms with Gasteiger partial charge in [-0.25, -0.2) is 0 Å². The average Bonchev–Trinajstić information content (AvgIpc) is 2.60. The summed E-state index contributed by atoms with van der Waals surface area (Å²) in [5, 5.41) is 10.3. The Morgan fingerprint density at radius 3 is 1.57 bits per heavy atom. The molecule has 1 heterocycles. The van der Waals surface area contributed by atoms with Gasteiger partial charge in [0.1, 0.15) is 0 Å². The Balaban J connectivity index is 1.44. The van der Waals surface area contributed by atoms with Crippen molar-refractivity contribution in [2.45, 2.75) is 121 Å². The van der Waals surface area contributed by atoms with Gasteiger partial charge < -0.3 is 16.0 Å². The van der Waals surface area contributed by atoms with E-state index in [1.54, 1.807) is 0 Å². The third-order valence-corrected chi connectivity index (χ3v) is 6.96. The van der Waals surface area contributed by atoms with Gasteiger partial charge in [0.05, 0.1) is 0 Å². The van der Waals surface area contributed by atoms with Crippen molar-refractivity contribution in [2.24, 2.45) is 11.8 Å². The molecule has 3 rings (SSSR count). The van der Waals surface area contributed by atoms with Crippen LogP contribution in [0, 0.1) is 11.8 Å². The predicted molar refractivity (Wildman–Crippen MR) is 113 cm³/mol. The van der Waals surface area contributed by atoms with Crippen molar-refractivity contribution in [2.75, 3.05) is 0 Å². The van der Waals surface area contributed by atoms with Crippen LogP contribution in [0.1, 0.15) is 98.3 Å². The molecule has 5 nitrogen and oxygen atoms in total. The lowest BCUT2D eigenvalue weighted by molar-refractivity contribution is -0.131. The van der Waals surface area contributed by atoms with Crippen molar-refractivity contribution in [1.82, 2.24) is 16.0 Å². The molecule has 0 atom stereocenters. The molecule has 2 aliphatic carbocycles. The summed E-state index contributed by atoms with van der Waals surface area (Å²) < 4.78 is 0. The largest absolute Gasteiger partial charge is 0.353 e. The third-order valence-electron chi connectivity index (χ3n) is 6.96. The minimum Gasteiger partial charge on any atom is -0.353 e. The zero-order valence-electron chi connectivity index (χ0n) is 18.4. The third kappa shape index (κ3) is 5.95. The topological polar surface area (TPSA) is 70.2 Å². The smallest absolute Gasteiger partial charge is 0.223 e. The van der Waals surface area contributed by atoms with Crippen molar-refractivity contribution in [3.63, 3.8) is 0 Å². The molecule has 160 valence electrons. The molecule has 2 saturated carbocycles. The SMILES string of the molecule is CC1(C)CC(NC(=O)C2CCC(C(=O)NC3CCCCC3)CC2)CC(C)(C)N1. The minimum atomic E-state index is 0.0363. The lowest BCUT2D eigenvalue weighted by Gasteiger charge is -2.47. The van der Waals surface area contributed by atoms with Crippen LogP contribution in [0.4, 0.5) is 0 Å². The van der Waals surface area contributed by atoms with E-state index >= 15 is 0 Å². The molecule has 5 heteroatoms. The van der Waals surface area contributed by atoms with Crippen LogP contribution in [0.25, 0.3) is 0 Å². The molecule has 0 aromatic carbocycles. The van der Waals surface area contributed by atoms with Crippen LogP contribution in [-0.2, 0) is 9.59 Å². The lowest BCUT2D eigenvalue weighted by atomic mass is 9.78. The van der Waals surface area contributed by atoms with Gasteiger partial charge in [-0.3, -0.25) is 9.59 Å². The van der Waals surface area contributed by atoms with Gasteiger partial charge in [0.15, 0.2) is 0 Å². The quantitative estimate of drug-likeness (QED) is 0.685. The molecule has 1 saturated heterocycles. The van der Waals surface area contributed by atoms with Gasteiger partial charge in [-0.2, -0.15) is 0 Å². The summed E-state index contributed by atoms with van der Waals surface area (Å²) in [4.78, 5) is 25.4. The first-order valence-corrected chi connectivity index (χ1v) is 11.5. The number of rotatable bonds is 4. The van der Waals surface area contributed by atoms with Crippen LogP contribution >= 0.6 is 0 Å². The fourth-order valence-corrected chi connectivity index (χ4v) is 5.93. The van der Waals surface area contributed by atoms with E-state index in [1.165, 1.54) is 19.3 Å². The Morgan fingerprint density at radius 2 is 1.11 bits per heavy atom. The Hall–Kier alpha value is -1.10. The first-order valence-electron chi connectivity index (χ1n) is 11.5. The minimum absolute atomic E-state index is 0.0363. The maximum absolute atomic E-state index is 12.8. The molecule has 0 aromatic rings. The molecule has 0 unspecified atom stereocenters. The van der Waals surface area contributed by atoms with Gasteiger partial charge in [-0.1, -0.05) is 19.3 Å². The average molecular weight is 392 g/mol. The second-order valence-electron chi connectivity index (χ2n) is 10.9. The van der Waals surface area contributed by atoms with E-state index in [0.717, 1.165) is 51.4 Å². The van der Waals surface area contributed by atoms with E-state index in [1.807, 2.05) is 0 Å². The summed E-state index contributed by atoms with van der Waals surface area (Å²) in [7, 11) is 0. The second kappa shape index (κ2) is 8.73. The number of piperidine rings is 1. The Kier molecular flexibility index (Phi) is 6.73. The van der Waals surface area contributed by atoms with Crippen LogP contribution in [-0.4, -0.2) is 35.0 Å². The predicted octanol–water partition coefficient (Wildman–Crippen LogP) is 3.67. The Bertz CT molecular complexity index is 542. The molecule has 0 spiro atoms. The van der Waals surface area contributed by atoms with Crippen molar-refractivity contribution in [3.05, 3.63) is 0 Å². The lowest BCUT2D eigenvalue weighted by Crippen LogP contribution is -2.62. The standard InChI is InChI=1S/C23H41N3O2/c1-22(2)14-19(15-23(3,4)26-22)25-21(28)17-12-10-16(11-13-17)20(27)24-18-8-6-5-7-9-18/h16-19,26H,5-15H2,1-4H3,(H,24,27)(H,25,28). The van der Waals surface area contributed by atoms with Crippen LogP contribution in [0.15, 0.2) is 0 Å². The maximum Gasteiger partial charge on any atom is 0.223 e. The van der Waals surface area contributed by atoms with Crippen LogP contribution in [0.2, 0.25) is 0 Å². The molecule has 3 aliphatic rings. The van der Waals surface area contributed by atoms with E-state index in [4.69, 9.17) is 0 Å². The summed E-state index contributed by atoms with van der Waals surface area (Å²) in [6.45, 7) is 8.85. The molecule has 0 bridgehead atoms. The van der Waals surface area contributed by atoms with Gasteiger partial charge in [-0.05, 0) is 79.1 Å². The Morgan fingerprint density at radius 1 is 0.679 bits per heavy atom. The summed E-state index contributed by atoms with van der Waals surface area (Å²) in [6.07, 6.45) is 11.3. The number of hydrogen-bond donors (Lipinski definition) is 3. The highest BCUT2D eigenvalue weighted by Crippen LogP contribution is 2.32. The number of nitrogens with one attached hydrogen (secondary N) is 3. The van der Waals surface area contributed by atoms with E-state index in [-0.39, 0.29) is 40.8 Å². The fourth-order valence-electron chi connectivity index (χ4n) is 5.93. The number of carbonyl (C=O) groups is 2. The summed E-state index contributed by atoms with van der Waals surface area (Å²) in [5.41, 5.74) is 0.0725. The Labute approximate surface area is 171 Å².